The minimum Gasteiger partial charge on any atom is -0.496 e. The lowest BCUT2D eigenvalue weighted by molar-refractivity contribution is -0.116. The lowest BCUT2D eigenvalue weighted by atomic mass is 10.2. The second-order valence-electron chi connectivity index (χ2n) is 4.11. The molecule has 0 saturated carbocycles. The molecule has 0 radical (unpaired) electrons. The molecule has 1 rings (SSSR count). The summed E-state index contributed by atoms with van der Waals surface area (Å²) in [7, 11) is 1.59. The Hall–Kier alpha value is -1.81. The topological polar surface area (TPSA) is 58.6 Å². The van der Waals surface area contributed by atoms with E-state index in [1.54, 1.807) is 13.2 Å². The average Bonchev–Trinajstić information content (AvgIpc) is 2.42. The number of nitrogens with one attached hydrogen (secondary N) is 1. The summed E-state index contributed by atoms with van der Waals surface area (Å²) in [5.41, 5.74) is 0.852. The molecule has 0 bridgehead atoms. The van der Waals surface area contributed by atoms with Gasteiger partial charge in [0, 0.05) is 24.8 Å². The van der Waals surface area contributed by atoms with Crippen molar-refractivity contribution in [3.63, 3.8) is 0 Å². The lowest BCUT2D eigenvalue weighted by Gasteiger charge is -2.07. The van der Waals surface area contributed by atoms with Crippen molar-refractivity contribution in [1.29, 1.82) is 0 Å². The first-order valence-electron chi connectivity index (χ1n) is 5.87. The molecule has 1 amide bonds. The second kappa shape index (κ2) is 7.50. The number of amides is 1. The number of benzene rings is 1. The predicted octanol–water partition coefficient (Wildman–Crippen LogP) is 1.45. The van der Waals surface area contributed by atoms with Crippen LogP contribution in [0.15, 0.2) is 30.3 Å². The van der Waals surface area contributed by atoms with Gasteiger partial charge in [-0.3, -0.25) is 4.79 Å². The number of carbonyl (C=O) groups excluding carboxylic acids is 1. The Morgan fingerprint density at radius 2 is 2.22 bits per heavy atom. The number of carbonyl (C=O) groups is 1. The van der Waals surface area contributed by atoms with Crippen molar-refractivity contribution in [1.82, 2.24) is 5.32 Å². The Morgan fingerprint density at radius 1 is 1.50 bits per heavy atom. The highest BCUT2D eigenvalue weighted by molar-refractivity contribution is 5.92. The molecule has 1 atom stereocenters. The molecule has 0 aliphatic heterocycles. The van der Waals surface area contributed by atoms with Crippen molar-refractivity contribution in [2.75, 3.05) is 20.3 Å². The Morgan fingerprint density at radius 3 is 2.89 bits per heavy atom. The van der Waals surface area contributed by atoms with E-state index in [0.717, 1.165) is 11.3 Å². The van der Waals surface area contributed by atoms with Crippen molar-refractivity contribution >= 4 is 12.0 Å². The van der Waals surface area contributed by atoms with Crippen LogP contribution < -0.4 is 10.1 Å². The molecule has 0 fully saturated rings. The van der Waals surface area contributed by atoms with Crippen LogP contribution in [0.25, 0.3) is 6.08 Å². The molecule has 18 heavy (non-hydrogen) atoms. The van der Waals surface area contributed by atoms with E-state index in [-0.39, 0.29) is 18.4 Å². The van der Waals surface area contributed by atoms with Crippen molar-refractivity contribution in [2.24, 2.45) is 5.92 Å². The van der Waals surface area contributed by atoms with E-state index < -0.39 is 0 Å². The minimum atomic E-state index is -0.179. The van der Waals surface area contributed by atoms with Crippen LogP contribution in [-0.4, -0.2) is 31.3 Å². The number of rotatable bonds is 6. The number of hydrogen-bond acceptors (Lipinski definition) is 3. The van der Waals surface area contributed by atoms with E-state index in [1.807, 2.05) is 31.2 Å². The number of methoxy groups -OCH3 is 1. The molecule has 4 nitrogen and oxygen atoms in total. The lowest BCUT2D eigenvalue weighted by Crippen LogP contribution is -2.27. The maximum atomic E-state index is 11.5. The van der Waals surface area contributed by atoms with Gasteiger partial charge in [-0.1, -0.05) is 25.1 Å². The molecule has 0 aliphatic carbocycles. The maximum Gasteiger partial charge on any atom is 0.244 e. The zero-order valence-electron chi connectivity index (χ0n) is 10.7. The Bertz CT molecular complexity index is 415. The third-order valence-corrected chi connectivity index (χ3v) is 2.49. The van der Waals surface area contributed by atoms with Gasteiger partial charge in [0.1, 0.15) is 5.75 Å². The summed E-state index contributed by atoms with van der Waals surface area (Å²) < 4.78 is 5.18. The van der Waals surface area contributed by atoms with Crippen LogP contribution in [0.2, 0.25) is 0 Å². The molecule has 98 valence electrons. The molecule has 0 aliphatic rings. The maximum absolute atomic E-state index is 11.5. The van der Waals surface area contributed by atoms with E-state index in [1.165, 1.54) is 6.08 Å². The zero-order chi connectivity index (χ0) is 13.4. The Balaban J connectivity index is 2.55. The van der Waals surface area contributed by atoms with Crippen LogP contribution in [0, 0.1) is 5.92 Å². The van der Waals surface area contributed by atoms with Gasteiger partial charge in [0.15, 0.2) is 0 Å². The molecule has 0 saturated heterocycles. The van der Waals surface area contributed by atoms with Gasteiger partial charge in [-0.2, -0.15) is 0 Å². The van der Waals surface area contributed by atoms with Crippen molar-refractivity contribution in [3.8, 4) is 5.75 Å². The number of para-hydroxylation sites is 1. The van der Waals surface area contributed by atoms with E-state index in [0.29, 0.717) is 6.54 Å². The van der Waals surface area contributed by atoms with Crippen LogP contribution in [0.5, 0.6) is 5.75 Å². The summed E-state index contributed by atoms with van der Waals surface area (Å²) in [5.74, 6) is 0.611. The van der Waals surface area contributed by atoms with E-state index >= 15 is 0 Å². The fourth-order valence-electron chi connectivity index (χ4n) is 1.37. The van der Waals surface area contributed by atoms with Crippen molar-refractivity contribution in [2.45, 2.75) is 6.92 Å². The van der Waals surface area contributed by atoms with E-state index in [2.05, 4.69) is 5.32 Å². The quantitative estimate of drug-likeness (QED) is 0.750. The van der Waals surface area contributed by atoms with Gasteiger partial charge in [-0.05, 0) is 18.1 Å². The van der Waals surface area contributed by atoms with Gasteiger partial charge < -0.3 is 15.2 Å². The molecule has 0 aromatic heterocycles. The second-order valence-corrected chi connectivity index (χ2v) is 4.11. The zero-order valence-corrected chi connectivity index (χ0v) is 10.7. The van der Waals surface area contributed by atoms with E-state index in [4.69, 9.17) is 9.84 Å². The SMILES string of the molecule is COc1ccccc1/C=C/C(=O)NCC(C)CO. The molecule has 1 unspecified atom stereocenters. The fourth-order valence-corrected chi connectivity index (χ4v) is 1.37. The third-order valence-electron chi connectivity index (χ3n) is 2.49. The minimum absolute atomic E-state index is 0.0635. The third kappa shape index (κ3) is 4.59. The van der Waals surface area contributed by atoms with Crippen LogP contribution in [0.3, 0.4) is 0 Å². The highest BCUT2D eigenvalue weighted by atomic mass is 16.5. The fraction of sp³-hybridized carbons (Fsp3) is 0.357. The van der Waals surface area contributed by atoms with Gasteiger partial charge in [0.05, 0.1) is 7.11 Å². The molecule has 1 aromatic rings. The van der Waals surface area contributed by atoms with Gasteiger partial charge in [-0.15, -0.1) is 0 Å². The molecular weight excluding hydrogens is 230 g/mol. The molecule has 0 heterocycles. The highest BCUT2D eigenvalue weighted by Gasteiger charge is 2.02. The Kier molecular flexibility index (Phi) is 5.94. The molecule has 0 spiro atoms. The predicted molar refractivity (Wildman–Crippen MR) is 71.3 cm³/mol. The van der Waals surface area contributed by atoms with Gasteiger partial charge >= 0.3 is 0 Å². The molecular formula is C14H19NO3. The summed E-state index contributed by atoms with van der Waals surface area (Å²) in [6.45, 7) is 2.40. The van der Waals surface area contributed by atoms with Gasteiger partial charge in [0.25, 0.3) is 0 Å². The molecule has 2 N–H and O–H groups in total. The largest absolute Gasteiger partial charge is 0.496 e. The van der Waals surface area contributed by atoms with Gasteiger partial charge in [0.2, 0.25) is 5.91 Å². The molecule has 1 aromatic carbocycles. The first-order chi connectivity index (χ1) is 8.67. The first kappa shape index (κ1) is 14.3. The smallest absolute Gasteiger partial charge is 0.244 e. The number of aliphatic hydroxyl groups is 1. The van der Waals surface area contributed by atoms with Crippen LogP contribution >= 0.6 is 0 Å². The highest BCUT2D eigenvalue weighted by Crippen LogP contribution is 2.18. The van der Waals surface area contributed by atoms with E-state index in [9.17, 15) is 4.79 Å². The van der Waals surface area contributed by atoms with Crippen LogP contribution in [-0.2, 0) is 4.79 Å². The standard InChI is InChI=1S/C14H19NO3/c1-11(10-16)9-15-14(17)8-7-12-5-3-4-6-13(12)18-2/h3-8,11,16H,9-10H2,1-2H3,(H,15,17)/b8-7+. The number of hydrogen-bond donors (Lipinski definition) is 2. The average molecular weight is 249 g/mol. The Labute approximate surface area is 107 Å². The summed E-state index contributed by atoms with van der Waals surface area (Å²) >= 11 is 0. The molecule has 4 heteroatoms. The summed E-state index contributed by atoms with van der Waals surface area (Å²) in [4.78, 5) is 11.5. The first-order valence-corrected chi connectivity index (χ1v) is 5.87. The normalized spacial score (nSPS) is 12.4. The van der Waals surface area contributed by atoms with Crippen LogP contribution in [0.4, 0.5) is 0 Å². The van der Waals surface area contributed by atoms with Crippen molar-refractivity contribution < 1.29 is 14.6 Å². The summed E-state index contributed by atoms with van der Waals surface area (Å²) in [5, 5.41) is 11.6. The van der Waals surface area contributed by atoms with Gasteiger partial charge in [-0.25, -0.2) is 0 Å². The summed E-state index contributed by atoms with van der Waals surface area (Å²) in [6, 6.07) is 7.47. The van der Waals surface area contributed by atoms with Crippen molar-refractivity contribution in [3.05, 3.63) is 35.9 Å². The number of ether oxygens (including phenoxy) is 1. The summed E-state index contributed by atoms with van der Waals surface area (Å²) in [6.07, 6.45) is 3.17. The monoisotopic (exact) mass is 249 g/mol. The van der Waals surface area contributed by atoms with Crippen LogP contribution in [0.1, 0.15) is 12.5 Å². The number of aliphatic hydroxyl groups excluding tert-OH is 1.